The highest BCUT2D eigenvalue weighted by Gasteiger charge is 2.28. The van der Waals surface area contributed by atoms with Gasteiger partial charge in [0.2, 0.25) is 10.0 Å². The Bertz CT molecular complexity index is 671. The summed E-state index contributed by atoms with van der Waals surface area (Å²) in [5.41, 5.74) is 0.347. The van der Waals surface area contributed by atoms with Gasteiger partial charge in [0.25, 0.3) is 0 Å². The lowest BCUT2D eigenvalue weighted by molar-refractivity contribution is 0.361. The summed E-state index contributed by atoms with van der Waals surface area (Å²) >= 11 is 0. The standard InChI is InChI=1S/C12H19N5O3S/c1-8(2)11(7-17-13-5-6-14-17)16-21(18,19)12-9(3)15-20-10(12)4/h5-6,8,11,16H,7H2,1-4H3. The van der Waals surface area contributed by atoms with Crippen LogP contribution in [0.25, 0.3) is 0 Å². The van der Waals surface area contributed by atoms with Crippen molar-refractivity contribution in [1.82, 2.24) is 24.9 Å². The van der Waals surface area contributed by atoms with E-state index in [1.165, 1.54) is 4.80 Å². The van der Waals surface area contributed by atoms with Crippen molar-refractivity contribution in [2.45, 2.75) is 45.2 Å². The van der Waals surface area contributed by atoms with Crippen LogP contribution in [0.15, 0.2) is 21.8 Å². The molecule has 1 atom stereocenters. The van der Waals surface area contributed by atoms with Crippen molar-refractivity contribution in [2.75, 3.05) is 0 Å². The van der Waals surface area contributed by atoms with Crippen LogP contribution in [-0.4, -0.2) is 34.6 Å². The second-order valence-corrected chi connectivity index (χ2v) is 6.86. The van der Waals surface area contributed by atoms with E-state index in [1.807, 2.05) is 13.8 Å². The highest BCUT2D eigenvalue weighted by molar-refractivity contribution is 7.89. The molecule has 0 radical (unpaired) electrons. The quantitative estimate of drug-likeness (QED) is 0.849. The number of nitrogens with zero attached hydrogens (tertiary/aromatic N) is 4. The molecule has 0 bridgehead atoms. The maximum absolute atomic E-state index is 12.5. The Kier molecular flexibility index (Phi) is 4.43. The largest absolute Gasteiger partial charge is 0.360 e. The molecule has 1 unspecified atom stereocenters. The first-order valence-electron chi connectivity index (χ1n) is 6.60. The molecule has 116 valence electrons. The molecule has 0 aromatic carbocycles. The van der Waals surface area contributed by atoms with Gasteiger partial charge in [0.05, 0.1) is 18.9 Å². The fraction of sp³-hybridized carbons (Fsp3) is 0.583. The van der Waals surface area contributed by atoms with E-state index in [9.17, 15) is 8.42 Å². The van der Waals surface area contributed by atoms with Crippen molar-refractivity contribution < 1.29 is 12.9 Å². The Morgan fingerprint density at radius 3 is 2.38 bits per heavy atom. The second kappa shape index (κ2) is 5.94. The summed E-state index contributed by atoms with van der Waals surface area (Å²) in [6.07, 6.45) is 3.11. The minimum absolute atomic E-state index is 0.0752. The summed E-state index contributed by atoms with van der Waals surface area (Å²) < 4.78 is 32.7. The summed E-state index contributed by atoms with van der Waals surface area (Å²) in [6.45, 7) is 7.40. The molecular formula is C12H19N5O3S. The third kappa shape index (κ3) is 3.48. The number of rotatable bonds is 6. The van der Waals surface area contributed by atoms with Gasteiger partial charge in [-0.2, -0.15) is 15.0 Å². The van der Waals surface area contributed by atoms with Crippen molar-refractivity contribution in [3.63, 3.8) is 0 Å². The van der Waals surface area contributed by atoms with Crippen molar-refractivity contribution >= 4 is 10.0 Å². The topological polar surface area (TPSA) is 103 Å². The fourth-order valence-electron chi connectivity index (χ4n) is 2.01. The van der Waals surface area contributed by atoms with Gasteiger partial charge in [-0.3, -0.25) is 0 Å². The Balaban J connectivity index is 2.24. The van der Waals surface area contributed by atoms with Crippen LogP contribution in [0.5, 0.6) is 0 Å². The average Bonchev–Trinajstić information content (AvgIpc) is 2.98. The summed E-state index contributed by atoms with van der Waals surface area (Å²) in [5.74, 6) is 0.353. The molecular weight excluding hydrogens is 294 g/mol. The zero-order valence-electron chi connectivity index (χ0n) is 12.4. The lowest BCUT2D eigenvalue weighted by Gasteiger charge is -2.21. The van der Waals surface area contributed by atoms with E-state index in [4.69, 9.17) is 4.52 Å². The molecule has 1 N–H and O–H groups in total. The van der Waals surface area contributed by atoms with Gasteiger partial charge >= 0.3 is 0 Å². The van der Waals surface area contributed by atoms with Crippen molar-refractivity contribution in [3.05, 3.63) is 23.8 Å². The van der Waals surface area contributed by atoms with Gasteiger partial charge in [0.15, 0.2) is 5.76 Å². The molecule has 0 amide bonds. The second-order valence-electron chi connectivity index (χ2n) is 5.21. The van der Waals surface area contributed by atoms with Gasteiger partial charge in [0.1, 0.15) is 10.6 Å². The molecule has 0 aliphatic heterocycles. The van der Waals surface area contributed by atoms with Crippen LogP contribution in [-0.2, 0) is 16.6 Å². The van der Waals surface area contributed by atoms with Gasteiger partial charge in [-0.25, -0.2) is 13.1 Å². The lowest BCUT2D eigenvalue weighted by atomic mass is 10.1. The van der Waals surface area contributed by atoms with Crippen LogP contribution >= 0.6 is 0 Å². The van der Waals surface area contributed by atoms with Gasteiger partial charge in [-0.1, -0.05) is 19.0 Å². The number of hydrogen-bond acceptors (Lipinski definition) is 6. The summed E-state index contributed by atoms with van der Waals surface area (Å²) in [6, 6.07) is -0.337. The maximum atomic E-state index is 12.5. The highest BCUT2D eigenvalue weighted by Crippen LogP contribution is 2.20. The van der Waals surface area contributed by atoms with Crippen molar-refractivity contribution in [1.29, 1.82) is 0 Å². The summed E-state index contributed by atoms with van der Waals surface area (Å²) in [7, 11) is -3.70. The van der Waals surface area contributed by atoms with E-state index in [-0.39, 0.29) is 22.6 Å². The van der Waals surface area contributed by atoms with Crippen LogP contribution in [0.2, 0.25) is 0 Å². The van der Waals surface area contributed by atoms with Gasteiger partial charge < -0.3 is 4.52 Å². The number of aromatic nitrogens is 4. The first kappa shape index (κ1) is 15.6. The van der Waals surface area contributed by atoms with E-state index in [0.29, 0.717) is 12.2 Å². The third-order valence-corrected chi connectivity index (χ3v) is 4.91. The Morgan fingerprint density at radius 2 is 1.90 bits per heavy atom. The number of aryl methyl sites for hydroxylation is 2. The van der Waals surface area contributed by atoms with Crippen LogP contribution < -0.4 is 4.72 Å². The zero-order chi connectivity index (χ0) is 15.6. The van der Waals surface area contributed by atoms with Crippen LogP contribution in [0.1, 0.15) is 25.3 Å². The normalized spacial score (nSPS) is 13.8. The monoisotopic (exact) mass is 313 g/mol. The molecule has 0 saturated heterocycles. The van der Waals surface area contributed by atoms with E-state index in [2.05, 4.69) is 20.1 Å². The molecule has 0 fully saturated rings. The molecule has 2 aromatic heterocycles. The molecule has 8 nitrogen and oxygen atoms in total. The molecule has 9 heteroatoms. The number of hydrogen-bond donors (Lipinski definition) is 1. The van der Waals surface area contributed by atoms with Gasteiger partial charge in [-0.15, -0.1) is 0 Å². The van der Waals surface area contributed by atoms with Gasteiger partial charge in [0, 0.05) is 6.04 Å². The van der Waals surface area contributed by atoms with Crippen molar-refractivity contribution in [3.8, 4) is 0 Å². The average molecular weight is 313 g/mol. The third-order valence-electron chi connectivity index (χ3n) is 3.17. The predicted octanol–water partition coefficient (Wildman–Crippen LogP) is 0.886. The zero-order valence-corrected chi connectivity index (χ0v) is 13.3. The van der Waals surface area contributed by atoms with Crippen LogP contribution in [0, 0.1) is 19.8 Å². The molecule has 0 saturated carbocycles. The highest BCUT2D eigenvalue weighted by atomic mass is 32.2. The SMILES string of the molecule is Cc1noc(C)c1S(=O)(=O)NC(Cn1nccn1)C(C)C. The Labute approximate surface area is 123 Å². The molecule has 0 aliphatic carbocycles. The van der Waals surface area contributed by atoms with E-state index in [1.54, 1.807) is 26.2 Å². The smallest absolute Gasteiger partial charge is 0.246 e. The molecule has 2 heterocycles. The van der Waals surface area contributed by atoms with Gasteiger partial charge in [-0.05, 0) is 19.8 Å². The first-order valence-corrected chi connectivity index (χ1v) is 8.09. The number of nitrogens with one attached hydrogen (secondary N) is 1. The summed E-state index contributed by atoms with van der Waals surface area (Å²) in [5, 5.41) is 11.7. The lowest BCUT2D eigenvalue weighted by Crippen LogP contribution is -2.42. The maximum Gasteiger partial charge on any atom is 0.246 e. The first-order chi connectivity index (χ1) is 9.81. The van der Waals surface area contributed by atoms with Crippen molar-refractivity contribution in [2.24, 2.45) is 5.92 Å². The molecule has 0 spiro atoms. The predicted molar refractivity (Wildman–Crippen MR) is 74.9 cm³/mol. The van der Waals surface area contributed by atoms with E-state index in [0.717, 1.165) is 0 Å². The van der Waals surface area contributed by atoms with E-state index >= 15 is 0 Å². The van der Waals surface area contributed by atoms with Crippen LogP contribution in [0.4, 0.5) is 0 Å². The minimum atomic E-state index is -3.70. The minimum Gasteiger partial charge on any atom is -0.360 e. The fourth-order valence-corrected chi connectivity index (χ4v) is 3.72. The molecule has 2 rings (SSSR count). The number of sulfonamides is 1. The Hall–Kier alpha value is -1.74. The molecule has 21 heavy (non-hydrogen) atoms. The molecule has 2 aromatic rings. The summed E-state index contributed by atoms with van der Waals surface area (Å²) in [4.78, 5) is 1.56. The van der Waals surface area contributed by atoms with E-state index < -0.39 is 10.0 Å². The van der Waals surface area contributed by atoms with Crippen LogP contribution in [0.3, 0.4) is 0 Å². The molecule has 0 aliphatic rings. The Morgan fingerprint density at radius 1 is 1.29 bits per heavy atom.